The van der Waals surface area contributed by atoms with Crippen LogP contribution in [-0.4, -0.2) is 47.9 Å². The molecule has 1 aliphatic rings. The Balaban J connectivity index is 1.33. The summed E-state index contributed by atoms with van der Waals surface area (Å²) < 4.78 is 0. The normalized spacial score (nSPS) is 16.4. The highest BCUT2D eigenvalue weighted by Gasteiger charge is 2.24. The number of carbonyl (C=O) groups excluding carboxylic acids is 1. The van der Waals surface area contributed by atoms with E-state index in [0.29, 0.717) is 5.56 Å². The zero-order valence-electron chi connectivity index (χ0n) is 17.9. The molecule has 1 saturated heterocycles. The van der Waals surface area contributed by atoms with Crippen LogP contribution in [0.15, 0.2) is 66.7 Å². The summed E-state index contributed by atoms with van der Waals surface area (Å²) in [6, 6.07) is 24.0. The molecular formula is C26H28N4O. The van der Waals surface area contributed by atoms with Crippen molar-refractivity contribution in [1.82, 2.24) is 9.80 Å². The maximum atomic E-state index is 12.9. The summed E-state index contributed by atoms with van der Waals surface area (Å²) in [6.07, 6.45) is 1.03. The molecule has 0 radical (unpaired) electrons. The maximum absolute atomic E-state index is 12.9. The lowest BCUT2D eigenvalue weighted by Crippen LogP contribution is -2.43. The number of nitrogens with one attached hydrogen (secondary N) is 1. The van der Waals surface area contributed by atoms with E-state index in [1.807, 2.05) is 61.5 Å². The topological polar surface area (TPSA) is 59.4 Å². The van der Waals surface area contributed by atoms with Gasteiger partial charge in [0, 0.05) is 31.9 Å². The van der Waals surface area contributed by atoms with Crippen LogP contribution < -0.4 is 5.32 Å². The SMILES string of the molecule is CC(C(=O)Nc1ccc2ccccc2c1)N1CCCN(Cc2ccc(C#N)cc2)CC1. The number of amides is 1. The lowest BCUT2D eigenvalue weighted by molar-refractivity contribution is -0.120. The Morgan fingerprint density at radius 2 is 1.77 bits per heavy atom. The van der Waals surface area contributed by atoms with Crippen LogP contribution >= 0.6 is 0 Å². The fourth-order valence-electron chi connectivity index (χ4n) is 4.16. The van der Waals surface area contributed by atoms with Crippen molar-refractivity contribution < 1.29 is 4.79 Å². The van der Waals surface area contributed by atoms with Gasteiger partial charge < -0.3 is 5.32 Å². The van der Waals surface area contributed by atoms with E-state index in [2.05, 4.69) is 33.3 Å². The van der Waals surface area contributed by atoms with Gasteiger partial charge in [-0.15, -0.1) is 0 Å². The number of carbonyl (C=O) groups is 1. The molecule has 1 fully saturated rings. The van der Waals surface area contributed by atoms with Crippen LogP contribution in [0, 0.1) is 11.3 Å². The van der Waals surface area contributed by atoms with Crippen LogP contribution in [0.1, 0.15) is 24.5 Å². The summed E-state index contributed by atoms with van der Waals surface area (Å²) in [4.78, 5) is 17.6. The van der Waals surface area contributed by atoms with Crippen molar-refractivity contribution in [1.29, 1.82) is 5.26 Å². The fraction of sp³-hybridized carbons (Fsp3) is 0.308. The minimum absolute atomic E-state index is 0.0378. The van der Waals surface area contributed by atoms with Gasteiger partial charge in [0.1, 0.15) is 0 Å². The minimum atomic E-state index is -0.179. The summed E-state index contributed by atoms with van der Waals surface area (Å²) in [6.45, 7) is 6.58. The number of anilines is 1. The van der Waals surface area contributed by atoms with Gasteiger partial charge in [-0.2, -0.15) is 5.26 Å². The summed E-state index contributed by atoms with van der Waals surface area (Å²) >= 11 is 0. The lowest BCUT2D eigenvalue weighted by atomic mass is 10.1. The number of rotatable bonds is 5. The minimum Gasteiger partial charge on any atom is -0.325 e. The van der Waals surface area contributed by atoms with Gasteiger partial charge in [-0.05, 0) is 60.5 Å². The molecule has 31 heavy (non-hydrogen) atoms. The highest BCUT2D eigenvalue weighted by atomic mass is 16.2. The van der Waals surface area contributed by atoms with E-state index in [9.17, 15) is 4.79 Å². The van der Waals surface area contributed by atoms with Crippen molar-refractivity contribution in [3.8, 4) is 6.07 Å². The summed E-state index contributed by atoms with van der Waals surface area (Å²) in [5.74, 6) is 0.0378. The summed E-state index contributed by atoms with van der Waals surface area (Å²) in [7, 11) is 0. The average Bonchev–Trinajstić information content (AvgIpc) is 3.04. The van der Waals surface area contributed by atoms with Crippen LogP contribution in [-0.2, 0) is 11.3 Å². The first-order chi connectivity index (χ1) is 15.1. The first kappa shape index (κ1) is 21.0. The van der Waals surface area contributed by atoms with Crippen LogP contribution in [0.2, 0.25) is 0 Å². The monoisotopic (exact) mass is 412 g/mol. The largest absolute Gasteiger partial charge is 0.325 e. The molecule has 3 aromatic rings. The standard InChI is InChI=1S/C26H28N4O/c1-20(26(31)28-25-12-11-23-5-2-3-6-24(23)17-25)30-14-4-13-29(15-16-30)19-22-9-7-21(18-27)8-10-22/h2-3,5-12,17,20H,4,13-16,19H2,1H3,(H,28,31). The van der Waals surface area contributed by atoms with Crippen molar-refractivity contribution in [2.24, 2.45) is 0 Å². The Bertz CT molecular complexity index is 1090. The fourth-order valence-corrected chi connectivity index (χ4v) is 4.16. The summed E-state index contributed by atoms with van der Waals surface area (Å²) in [5, 5.41) is 14.3. The molecule has 1 amide bonds. The Morgan fingerprint density at radius 3 is 2.55 bits per heavy atom. The van der Waals surface area contributed by atoms with Crippen LogP contribution in [0.3, 0.4) is 0 Å². The highest BCUT2D eigenvalue weighted by Crippen LogP contribution is 2.20. The van der Waals surface area contributed by atoms with E-state index in [-0.39, 0.29) is 11.9 Å². The zero-order valence-corrected chi connectivity index (χ0v) is 17.9. The van der Waals surface area contributed by atoms with Crippen molar-refractivity contribution >= 4 is 22.4 Å². The van der Waals surface area contributed by atoms with Gasteiger partial charge in [-0.1, -0.05) is 42.5 Å². The predicted octanol–water partition coefficient (Wildman–Crippen LogP) is 4.25. The second-order valence-corrected chi connectivity index (χ2v) is 8.20. The molecule has 1 aliphatic heterocycles. The number of hydrogen-bond donors (Lipinski definition) is 1. The molecule has 1 atom stereocenters. The second kappa shape index (κ2) is 9.74. The molecule has 3 aromatic carbocycles. The Kier molecular flexibility index (Phi) is 6.61. The first-order valence-electron chi connectivity index (χ1n) is 10.9. The van der Waals surface area contributed by atoms with E-state index in [1.54, 1.807) is 0 Å². The Morgan fingerprint density at radius 1 is 1.00 bits per heavy atom. The molecule has 0 spiro atoms. The Labute approximate surface area is 183 Å². The maximum Gasteiger partial charge on any atom is 0.241 e. The molecule has 0 aromatic heterocycles. The van der Waals surface area contributed by atoms with Crippen LogP contribution in [0.4, 0.5) is 5.69 Å². The first-order valence-corrected chi connectivity index (χ1v) is 10.9. The second-order valence-electron chi connectivity index (χ2n) is 8.20. The Hall–Kier alpha value is -3.20. The van der Waals surface area contributed by atoms with E-state index >= 15 is 0 Å². The van der Waals surface area contributed by atoms with Gasteiger partial charge in [0.25, 0.3) is 0 Å². The lowest BCUT2D eigenvalue weighted by Gasteiger charge is -2.27. The molecule has 5 nitrogen and oxygen atoms in total. The molecule has 4 rings (SSSR count). The number of fused-ring (bicyclic) bond motifs is 1. The van der Waals surface area contributed by atoms with Gasteiger partial charge in [0.05, 0.1) is 17.7 Å². The molecule has 1 heterocycles. The number of benzene rings is 3. The molecular weight excluding hydrogens is 384 g/mol. The van der Waals surface area contributed by atoms with E-state index < -0.39 is 0 Å². The molecule has 0 saturated carbocycles. The smallest absolute Gasteiger partial charge is 0.241 e. The number of nitrogens with zero attached hydrogens (tertiary/aromatic N) is 3. The molecule has 5 heteroatoms. The third-order valence-electron chi connectivity index (χ3n) is 6.06. The van der Waals surface area contributed by atoms with Crippen LogP contribution in [0.25, 0.3) is 10.8 Å². The van der Waals surface area contributed by atoms with Gasteiger partial charge in [0.15, 0.2) is 0 Å². The number of nitriles is 1. The van der Waals surface area contributed by atoms with Gasteiger partial charge in [0.2, 0.25) is 5.91 Å². The van der Waals surface area contributed by atoms with Crippen molar-refractivity contribution in [3.63, 3.8) is 0 Å². The van der Waals surface area contributed by atoms with Crippen molar-refractivity contribution in [3.05, 3.63) is 77.9 Å². The third kappa shape index (κ3) is 5.29. The predicted molar refractivity (Wildman–Crippen MR) is 125 cm³/mol. The van der Waals surface area contributed by atoms with Gasteiger partial charge in [-0.3, -0.25) is 14.6 Å². The van der Waals surface area contributed by atoms with Crippen molar-refractivity contribution in [2.75, 3.05) is 31.5 Å². The molecule has 158 valence electrons. The zero-order chi connectivity index (χ0) is 21.6. The van der Waals surface area contributed by atoms with E-state index in [1.165, 1.54) is 10.9 Å². The van der Waals surface area contributed by atoms with Gasteiger partial charge in [-0.25, -0.2) is 0 Å². The van der Waals surface area contributed by atoms with Gasteiger partial charge >= 0.3 is 0 Å². The molecule has 1 N–H and O–H groups in total. The molecule has 0 aliphatic carbocycles. The van der Waals surface area contributed by atoms with E-state index in [0.717, 1.165) is 50.2 Å². The van der Waals surface area contributed by atoms with Crippen molar-refractivity contribution in [2.45, 2.75) is 25.9 Å². The van der Waals surface area contributed by atoms with Crippen LogP contribution in [0.5, 0.6) is 0 Å². The number of hydrogen-bond acceptors (Lipinski definition) is 4. The van der Waals surface area contributed by atoms with E-state index in [4.69, 9.17) is 5.26 Å². The average molecular weight is 413 g/mol. The third-order valence-corrected chi connectivity index (χ3v) is 6.06. The molecule has 0 bridgehead atoms. The summed E-state index contributed by atoms with van der Waals surface area (Å²) in [5.41, 5.74) is 2.75. The quantitative estimate of drug-likeness (QED) is 0.681. The highest BCUT2D eigenvalue weighted by molar-refractivity contribution is 5.97. The molecule has 1 unspecified atom stereocenters.